The van der Waals surface area contributed by atoms with Crippen LogP contribution in [0, 0.1) is 5.41 Å². The van der Waals surface area contributed by atoms with Gasteiger partial charge in [0.25, 0.3) is 0 Å². The smallest absolute Gasteiger partial charge is 0.122 e. The molecule has 0 aromatic heterocycles. The topological polar surface area (TPSA) is 47.3 Å². The van der Waals surface area contributed by atoms with Gasteiger partial charge in [-0.05, 0) is 24.3 Å². The first-order valence-corrected chi connectivity index (χ1v) is 6.30. The Morgan fingerprint density at radius 1 is 1.29 bits per heavy atom. The summed E-state index contributed by atoms with van der Waals surface area (Å²) in [7, 11) is 1.66. The van der Waals surface area contributed by atoms with Crippen molar-refractivity contribution in [3.63, 3.8) is 0 Å². The monoisotopic (exact) mass is 234 g/mol. The predicted octanol–water partition coefficient (Wildman–Crippen LogP) is 3.27. The second kappa shape index (κ2) is 4.86. The van der Waals surface area contributed by atoms with E-state index in [0.717, 1.165) is 23.7 Å². The Morgan fingerprint density at radius 3 is 2.65 bits per heavy atom. The number of nitrogens with one attached hydrogen (secondary N) is 1. The highest BCUT2D eigenvalue weighted by Gasteiger charge is 2.28. The third kappa shape index (κ3) is 3.05. The van der Waals surface area contributed by atoms with Crippen LogP contribution in [0.1, 0.15) is 32.6 Å². The zero-order valence-corrected chi connectivity index (χ0v) is 10.8. The van der Waals surface area contributed by atoms with Gasteiger partial charge in [0.15, 0.2) is 0 Å². The summed E-state index contributed by atoms with van der Waals surface area (Å²) in [6, 6.07) is 5.79. The molecule has 17 heavy (non-hydrogen) atoms. The average Bonchev–Trinajstić information content (AvgIpc) is 2.73. The van der Waals surface area contributed by atoms with Crippen LogP contribution in [-0.4, -0.2) is 13.7 Å². The van der Waals surface area contributed by atoms with Crippen molar-refractivity contribution in [2.45, 2.75) is 32.6 Å². The molecule has 0 unspecified atom stereocenters. The summed E-state index contributed by atoms with van der Waals surface area (Å²) in [5.41, 5.74) is 8.06. The summed E-state index contributed by atoms with van der Waals surface area (Å²) >= 11 is 0. The number of nitrogen functional groups attached to an aromatic ring is 1. The maximum Gasteiger partial charge on any atom is 0.122 e. The van der Waals surface area contributed by atoms with Crippen LogP contribution in [0.25, 0.3) is 0 Å². The van der Waals surface area contributed by atoms with Gasteiger partial charge in [-0.3, -0.25) is 0 Å². The minimum atomic E-state index is 0.442. The molecule has 0 atom stereocenters. The van der Waals surface area contributed by atoms with E-state index >= 15 is 0 Å². The summed E-state index contributed by atoms with van der Waals surface area (Å²) in [4.78, 5) is 0. The van der Waals surface area contributed by atoms with E-state index in [9.17, 15) is 0 Å². The molecule has 3 nitrogen and oxygen atoms in total. The molecule has 3 N–H and O–H groups in total. The number of ether oxygens (including phenoxy) is 1. The lowest BCUT2D eigenvalue weighted by molar-refractivity contribution is 0.362. The first-order chi connectivity index (χ1) is 8.11. The summed E-state index contributed by atoms with van der Waals surface area (Å²) in [6.07, 6.45) is 5.36. The molecule has 1 fully saturated rings. The fourth-order valence-electron chi connectivity index (χ4n) is 2.56. The third-order valence-electron chi connectivity index (χ3n) is 3.69. The van der Waals surface area contributed by atoms with E-state index in [-0.39, 0.29) is 0 Å². The normalized spacial score (nSPS) is 18.0. The van der Waals surface area contributed by atoms with Crippen LogP contribution in [0.15, 0.2) is 18.2 Å². The largest absolute Gasteiger partial charge is 0.497 e. The fraction of sp³-hybridized carbons (Fsp3) is 0.571. The Kier molecular flexibility index (Phi) is 3.46. The van der Waals surface area contributed by atoms with Crippen molar-refractivity contribution < 1.29 is 4.74 Å². The molecule has 1 aliphatic carbocycles. The Morgan fingerprint density at radius 2 is 2.00 bits per heavy atom. The van der Waals surface area contributed by atoms with Gasteiger partial charge in [0.05, 0.1) is 7.11 Å². The van der Waals surface area contributed by atoms with Crippen molar-refractivity contribution in [3.05, 3.63) is 18.2 Å². The van der Waals surface area contributed by atoms with Gasteiger partial charge >= 0.3 is 0 Å². The first kappa shape index (κ1) is 12.1. The molecule has 0 heterocycles. The van der Waals surface area contributed by atoms with Gasteiger partial charge in [0, 0.05) is 30.1 Å². The number of nitrogens with two attached hydrogens (primary N) is 1. The summed E-state index contributed by atoms with van der Waals surface area (Å²) in [5.74, 6) is 0.809. The van der Waals surface area contributed by atoms with Crippen molar-refractivity contribution in [1.29, 1.82) is 0 Å². The number of hydrogen-bond acceptors (Lipinski definition) is 3. The van der Waals surface area contributed by atoms with E-state index < -0.39 is 0 Å². The lowest BCUT2D eigenvalue weighted by Crippen LogP contribution is -2.22. The molecule has 0 aliphatic heterocycles. The second-order valence-electron chi connectivity index (χ2n) is 5.37. The van der Waals surface area contributed by atoms with Gasteiger partial charge in [-0.1, -0.05) is 19.8 Å². The summed E-state index contributed by atoms with van der Waals surface area (Å²) < 4.78 is 5.21. The fourth-order valence-corrected chi connectivity index (χ4v) is 2.56. The Hall–Kier alpha value is -1.38. The van der Waals surface area contributed by atoms with Crippen LogP contribution in [-0.2, 0) is 0 Å². The highest BCUT2D eigenvalue weighted by atomic mass is 16.5. The van der Waals surface area contributed by atoms with E-state index in [1.807, 2.05) is 18.2 Å². The molecule has 0 saturated heterocycles. The number of rotatable bonds is 4. The molecular formula is C14H22N2O. The third-order valence-corrected chi connectivity index (χ3v) is 3.69. The molecular weight excluding hydrogens is 212 g/mol. The molecule has 3 heteroatoms. The Labute approximate surface area is 103 Å². The standard InChI is InChI=1S/C14H22N2O/c1-14(5-3-4-6-14)10-16-12-7-11(15)8-13(9-12)17-2/h7-9,16H,3-6,10,15H2,1-2H3. The lowest BCUT2D eigenvalue weighted by atomic mass is 9.89. The van der Waals surface area contributed by atoms with Gasteiger partial charge in [-0.2, -0.15) is 0 Å². The summed E-state index contributed by atoms with van der Waals surface area (Å²) in [5, 5.41) is 3.48. The van der Waals surface area contributed by atoms with Gasteiger partial charge in [0.1, 0.15) is 5.75 Å². The first-order valence-electron chi connectivity index (χ1n) is 6.30. The molecule has 1 saturated carbocycles. The maximum atomic E-state index is 5.83. The number of hydrogen-bond donors (Lipinski definition) is 2. The molecule has 1 aromatic carbocycles. The van der Waals surface area contributed by atoms with Crippen LogP contribution in [0.5, 0.6) is 5.75 Å². The van der Waals surface area contributed by atoms with E-state index in [2.05, 4.69) is 12.2 Å². The SMILES string of the molecule is COc1cc(N)cc(NCC2(C)CCCC2)c1. The molecule has 1 aliphatic rings. The van der Waals surface area contributed by atoms with Crippen molar-refractivity contribution in [2.75, 3.05) is 24.7 Å². The molecule has 2 rings (SSSR count). The zero-order chi connectivity index (χ0) is 12.3. The molecule has 0 spiro atoms. The summed E-state index contributed by atoms with van der Waals surface area (Å²) in [6.45, 7) is 3.37. The highest BCUT2D eigenvalue weighted by Crippen LogP contribution is 2.37. The van der Waals surface area contributed by atoms with Crippen LogP contribution in [0.2, 0.25) is 0 Å². The van der Waals surface area contributed by atoms with E-state index in [1.54, 1.807) is 7.11 Å². The van der Waals surface area contributed by atoms with E-state index in [1.165, 1.54) is 25.7 Å². The van der Waals surface area contributed by atoms with Gasteiger partial charge in [-0.15, -0.1) is 0 Å². The maximum absolute atomic E-state index is 5.83. The zero-order valence-electron chi connectivity index (χ0n) is 10.8. The molecule has 0 radical (unpaired) electrons. The van der Waals surface area contributed by atoms with Crippen molar-refractivity contribution >= 4 is 11.4 Å². The van der Waals surface area contributed by atoms with Crippen molar-refractivity contribution in [3.8, 4) is 5.75 Å². The van der Waals surface area contributed by atoms with Gasteiger partial charge < -0.3 is 15.8 Å². The van der Waals surface area contributed by atoms with Crippen LogP contribution in [0.3, 0.4) is 0 Å². The quantitative estimate of drug-likeness (QED) is 0.786. The van der Waals surface area contributed by atoms with Crippen LogP contribution < -0.4 is 15.8 Å². The minimum Gasteiger partial charge on any atom is -0.497 e. The van der Waals surface area contributed by atoms with Crippen molar-refractivity contribution in [2.24, 2.45) is 5.41 Å². The van der Waals surface area contributed by atoms with E-state index in [0.29, 0.717) is 5.41 Å². The minimum absolute atomic E-state index is 0.442. The predicted molar refractivity (Wildman–Crippen MR) is 72.5 cm³/mol. The molecule has 0 bridgehead atoms. The average molecular weight is 234 g/mol. The van der Waals surface area contributed by atoms with Gasteiger partial charge in [0.2, 0.25) is 0 Å². The highest BCUT2D eigenvalue weighted by molar-refractivity contribution is 5.59. The van der Waals surface area contributed by atoms with E-state index in [4.69, 9.17) is 10.5 Å². The Balaban J connectivity index is 2.00. The Bertz CT molecular complexity index is 384. The van der Waals surface area contributed by atoms with Crippen LogP contribution in [0.4, 0.5) is 11.4 Å². The molecule has 94 valence electrons. The second-order valence-corrected chi connectivity index (χ2v) is 5.37. The molecule has 0 amide bonds. The number of anilines is 2. The number of benzene rings is 1. The lowest BCUT2D eigenvalue weighted by Gasteiger charge is -2.24. The molecule has 1 aromatic rings. The van der Waals surface area contributed by atoms with Crippen molar-refractivity contribution in [1.82, 2.24) is 0 Å². The number of methoxy groups -OCH3 is 1. The van der Waals surface area contributed by atoms with Crippen LogP contribution >= 0.6 is 0 Å². The van der Waals surface area contributed by atoms with Gasteiger partial charge in [-0.25, -0.2) is 0 Å².